The predicted octanol–water partition coefficient (Wildman–Crippen LogP) is -0.383. The Labute approximate surface area is 113 Å². The van der Waals surface area contributed by atoms with Crippen molar-refractivity contribution in [2.45, 2.75) is 30.9 Å². The lowest BCUT2D eigenvalue weighted by Crippen LogP contribution is -2.35. The first kappa shape index (κ1) is 13.2. The number of nitrogen functional groups attached to an aromatic ring is 1. The lowest BCUT2D eigenvalue weighted by atomic mass is 9.92. The number of nitrogens with zero attached hydrogens (tertiary/aromatic N) is 3. The minimum absolute atomic E-state index is 0.220. The fraction of sp³-hybridized carbons (Fsp3) is 0.500. The molecule has 1 saturated heterocycles. The highest BCUT2D eigenvalue weighted by atomic mass is 19.1. The van der Waals surface area contributed by atoms with E-state index in [2.05, 4.69) is 9.97 Å². The van der Waals surface area contributed by atoms with Gasteiger partial charge in [0.05, 0.1) is 6.61 Å². The maximum Gasteiger partial charge on any atom is 0.207 e. The molecule has 20 heavy (non-hydrogen) atoms. The van der Waals surface area contributed by atoms with E-state index < -0.39 is 30.6 Å². The SMILES string of the molecule is C[C@@]1(c2cc3ncnc(N)n3c2)O[C@H](CO)[C@@H](O)[C@H]1F. The average molecular weight is 282 g/mol. The van der Waals surface area contributed by atoms with Gasteiger partial charge in [-0.1, -0.05) is 0 Å². The molecule has 0 bridgehead atoms. The topological polar surface area (TPSA) is 106 Å². The summed E-state index contributed by atoms with van der Waals surface area (Å²) < 4.78 is 21.4. The Morgan fingerprint density at radius 1 is 1.55 bits per heavy atom. The monoisotopic (exact) mass is 282 g/mol. The van der Waals surface area contributed by atoms with E-state index >= 15 is 0 Å². The smallest absolute Gasteiger partial charge is 0.207 e. The van der Waals surface area contributed by atoms with Crippen LogP contribution in [0.2, 0.25) is 0 Å². The lowest BCUT2D eigenvalue weighted by molar-refractivity contribution is -0.0749. The van der Waals surface area contributed by atoms with Crippen molar-refractivity contribution in [2.24, 2.45) is 0 Å². The van der Waals surface area contributed by atoms with Crippen LogP contribution >= 0.6 is 0 Å². The molecular formula is C12H15FN4O3. The van der Waals surface area contributed by atoms with E-state index in [1.807, 2.05) is 0 Å². The number of rotatable bonds is 2. The second-order valence-corrected chi connectivity index (χ2v) is 5.03. The normalized spacial score (nSPS) is 33.9. The van der Waals surface area contributed by atoms with E-state index in [1.165, 1.54) is 17.7 Å². The van der Waals surface area contributed by atoms with Crippen LogP contribution in [0.3, 0.4) is 0 Å². The fourth-order valence-corrected chi connectivity index (χ4v) is 2.55. The van der Waals surface area contributed by atoms with Crippen LogP contribution in [-0.4, -0.2) is 49.6 Å². The first-order valence-electron chi connectivity index (χ1n) is 6.17. The lowest BCUT2D eigenvalue weighted by Gasteiger charge is -2.25. The molecule has 0 unspecified atom stereocenters. The van der Waals surface area contributed by atoms with Gasteiger partial charge in [-0.2, -0.15) is 0 Å². The van der Waals surface area contributed by atoms with Crippen LogP contribution in [0.4, 0.5) is 10.3 Å². The van der Waals surface area contributed by atoms with Crippen LogP contribution in [0, 0.1) is 0 Å². The Kier molecular flexibility index (Phi) is 2.89. The van der Waals surface area contributed by atoms with Gasteiger partial charge in [-0.25, -0.2) is 14.4 Å². The number of ether oxygens (including phenoxy) is 1. The zero-order valence-corrected chi connectivity index (χ0v) is 10.8. The second-order valence-electron chi connectivity index (χ2n) is 5.03. The number of halogens is 1. The summed E-state index contributed by atoms with van der Waals surface area (Å²) in [6, 6.07) is 1.62. The molecule has 4 N–H and O–H groups in total. The van der Waals surface area contributed by atoms with E-state index in [0.29, 0.717) is 11.2 Å². The third-order valence-electron chi connectivity index (χ3n) is 3.78. The zero-order chi connectivity index (χ0) is 14.5. The van der Waals surface area contributed by atoms with E-state index in [9.17, 15) is 9.50 Å². The van der Waals surface area contributed by atoms with Gasteiger partial charge < -0.3 is 20.7 Å². The van der Waals surface area contributed by atoms with Crippen LogP contribution < -0.4 is 5.73 Å². The number of aliphatic hydroxyl groups is 2. The molecule has 108 valence electrons. The Balaban J connectivity index is 2.08. The Bertz CT molecular complexity index is 649. The molecule has 7 nitrogen and oxygen atoms in total. The van der Waals surface area contributed by atoms with Gasteiger partial charge in [-0.05, 0) is 13.0 Å². The van der Waals surface area contributed by atoms with Gasteiger partial charge >= 0.3 is 0 Å². The van der Waals surface area contributed by atoms with Gasteiger partial charge in [0.1, 0.15) is 29.8 Å². The quantitative estimate of drug-likeness (QED) is 0.693. The summed E-state index contributed by atoms with van der Waals surface area (Å²) in [6.07, 6.45) is -1.11. The molecule has 0 amide bonds. The highest BCUT2D eigenvalue weighted by molar-refractivity contribution is 5.49. The molecule has 0 aromatic carbocycles. The van der Waals surface area contributed by atoms with Crippen molar-refractivity contribution in [3.63, 3.8) is 0 Å². The summed E-state index contributed by atoms with van der Waals surface area (Å²) in [5, 5.41) is 18.9. The van der Waals surface area contributed by atoms with E-state index in [4.69, 9.17) is 15.6 Å². The molecule has 1 aliphatic rings. The Morgan fingerprint density at radius 2 is 2.30 bits per heavy atom. The predicted molar refractivity (Wildman–Crippen MR) is 67.6 cm³/mol. The van der Waals surface area contributed by atoms with Gasteiger partial charge in [0.25, 0.3) is 0 Å². The molecule has 1 aliphatic heterocycles. The van der Waals surface area contributed by atoms with Crippen molar-refractivity contribution in [1.82, 2.24) is 14.4 Å². The highest BCUT2D eigenvalue weighted by Gasteiger charge is 2.53. The maximum atomic E-state index is 14.4. The summed E-state index contributed by atoms with van der Waals surface area (Å²) in [5.74, 6) is 0.220. The molecule has 0 saturated carbocycles. The molecule has 2 aromatic heterocycles. The van der Waals surface area contributed by atoms with E-state index in [1.54, 1.807) is 12.3 Å². The van der Waals surface area contributed by atoms with Crippen LogP contribution in [-0.2, 0) is 10.3 Å². The number of aliphatic hydroxyl groups excluding tert-OH is 2. The first-order valence-corrected chi connectivity index (χ1v) is 6.17. The Hall–Kier alpha value is -1.77. The molecule has 0 spiro atoms. The van der Waals surface area contributed by atoms with Crippen molar-refractivity contribution >= 4 is 11.6 Å². The molecule has 3 rings (SSSR count). The third-order valence-corrected chi connectivity index (χ3v) is 3.78. The van der Waals surface area contributed by atoms with Crippen LogP contribution in [0.25, 0.3) is 5.65 Å². The minimum atomic E-state index is -1.66. The number of aromatic nitrogens is 3. The van der Waals surface area contributed by atoms with Gasteiger partial charge in [-0.3, -0.25) is 4.40 Å². The van der Waals surface area contributed by atoms with Crippen molar-refractivity contribution in [3.05, 3.63) is 24.2 Å². The molecule has 8 heteroatoms. The fourth-order valence-electron chi connectivity index (χ4n) is 2.55. The Morgan fingerprint density at radius 3 is 2.90 bits per heavy atom. The molecule has 3 heterocycles. The number of nitrogens with two attached hydrogens (primary N) is 1. The number of hydrogen-bond acceptors (Lipinski definition) is 6. The van der Waals surface area contributed by atoms with Crippen LogP contribution in [0.1, 0.15) is 12.5 Å². The van der Waals surface area contributed by atoms with Crippen LogP contribution in [0.5, 0.6) is 0 Å². The maximum absolute atomic E-state index is 14.4. The first-order chi connectivity index (χ1) is 9.47. The van der Waals surface area contributed by atoms with Crippen molar-refractivity contribution < 1.29 is 19.3 Å². The van der Waals surface area contributed by atoms with Gasteiger partial charge in [0, 0.05) is 11.8 Å². The minimum Gasteiger partial charge on any atom is -0.394 e. The standard InChI is InChI=1S/C12H15FN4O3/c1-12(10(13)9(19)7(4-18)20-12)6-2-8-15-5-16-11(14)17(8)3-6/h2-3,5,7,9-10,18-19H,4H2,1H3,(H2,14,15,16)/t7-,9-,10-,12+/m1/s1. The van der Waals surface area contributed by atoms with Crippen molar-refractivity contribution in [1.29, 1.82) is 0 Å². The summed E-state index contributed by atoms with van der Waals surface area (Å²) >= 11 is 0. The van der Waals surface area contributed by atoms with Crippen molar-refractivity contribution in [3.8, 4) is 0 Å². The van der Waals surface area contributed by atoms with Gasteiger partial charge in [0.15, 0.2) is 6.17 Å². The highest BCUT2D eigenvalue weighted by Crippen LogP contribution is 2.42. The number of anilines is 1. The van der Waals surface area contributed by atoms with E-state index in [0.717, 1.165) is 0 Å². The van der Waals surface area contributed by atoms with Crippen molar-refractivity contribution in [2.75, 3.05) is 12.3 Å². The largest absolute Gasteiger partial charge is 0.394 e. The molecule has 0 radical (unpaired) electrons. The number of hydrogen-bond donors (Lipinski definition) is 3. The van der Waals surface area contributed by atoms with Gasteiger partial charge in [0.2, 0.25) is 5.95 Å². The van der Waals surface area contributed by atoms with E-state index in [-0.39, 0.29) is 5.95 Å². The molecular weight excluding hydrogens is 267 g/mol. The van der Waals surface area contributed by atoms with Gasteiger partial charge in [-0.15, -0.1) is 0 Å². The van der Waals surface area contributed by atoms with Crippen LogP contribution in [0.15, 0.2) is 18.6 Å². The summed E-state index contributed by atoms with van der Waals surface area (Å²) in [5.41, 5.74) is 5.33. The summed E-state index contributed by atoms with van der Waals surface area (Å²) in [7, 11) is 0. The second kappa shape index (κ2) is 4.37. The molecule has 4 atom stereocenters. The third kappa shape index (κ3) is 1.69. The summed E-state index contributed by atoms with van der Waals surface area (Å²) in [4.78, 5) is 7.87. The average Bonchev–Trinajstić information content (AvgIpc) is 2.96. The summed E-state index contributed by atoms with van der Waals surface area (Å²) in [6.45, 7) is 1.07. The molecule has 2 aromatic rings. The molecule has 1 fully saturated rings. The molecule has 0 aliphatic carbocycles. The number of fused-ring (bicyclic) bond motifs is 1. The zero-order valence-electron chi connectivity index (χ0n) is 10.8. The number of alkyl halides is 1.